The van der Waals surface area contributed by atoms with Gasteiger partial charge in [0.2, 0.25) is 11.8 Å². The summed E-state index contributed by atoms with van der Waals surface area (Å²) in [7, 11) is 0. The van der Waals surface area contributed by atoms with E-state index in [1.807, 2.05) is 12.1 Å². The maximum absolute atomic E-state index is 13.7. The first kappa shape index (κ1) is 26.9. The number of benzene rings is 1. The van der Waals surface area contributed by atoms with E-state index in [1.54, 1.807) is 20.5 Å². The van der Waals surface area contributed by atoms with Gasteiger partial charge in [0.25, 0.3) is 5.91 Å². The van der Waals surface area contributed by atoms with Crippen molar-refractivity contribution >= 4 is 11.8 Å². The Labute approximate surface area is 233 Å². The Morgan fingerprint density at radius 1 is 1.12 bits per heavy atom. The highest BCUT2D eigenvalue weighted by atomic mass is 19.4. The van der Waals surface area contributed by atoms with Gasteiger partial charge in [0.05, 0.1) is 23.0 Å². The third kappa shape index (κ3) is 5.02. The standard InChI is InChI=1S/C29H28F3N5O4/c1-2-26(39)35-12-10-20-27-22(37(34-20)21-8-6-18(14-24(21)38)17-4-3-5-17)11-13-36(23(27)16-35)28(40)19-7-9-25(33-15-19)41-29(30,31)32/h2,6-9,14-15,17,23,38H,1,3-5,10-13,16H2/t23-/m0/s1. The molecule has 3 aromatic rings. The number of rotatable bonds is 5. The number of phenols is 1. The van der Waals surface area contributed by atoms with Crippen LogP contribution in [0, 0.1) is 0 Å². The molecule has 9 nitrogen and oxygen atoms in total. The molecule has 0 spiro atoms. The van der Waals surface area contributed by atoms with E-state index in [0.717, 1.165) is 47.6 Å². The Kier molecular flexibility index (Phi) is 6.71. The van der Waals surface area contributed by atoms with Crippen LogP contribution in [-0.4, -0.2) is 67.5 Å². The van der Waals surface area contributed by atoms with Crippen molar-refractivity contribution in [1.82, 2.24) is 24.6 Å². The SMILES string of the molecule is C=CC(=O)N1CCc2nn(-c3ccc(C4CCC4)cc3O)c3c2[C@H](C1)N(C(=O)c1ccc(OC(F)(F)F)nc1)CC3. The van der Waals surface area contributed by atoms with E-state index >= 15 is 0 Å². The summed E-state index contributed by atoms with van der Waals surface area (Å²) in [6.45, 7) is 4.42. The third-order valence-corrected chi connectivity index (χ3v) is 8.16. The molecule has 1 atom stereocenters. The molecule has 12 heteroatoms. The molecule has 2 aliphatic heterocycles. The van der Waals surface area contributed by atoms with Crippen molar-refractivity contribution in [2.45, 2.75) is 50.4 Å². The van der Waals surface area contributed by atoms with Crippen LogP contribution in [0.4, 0.5) is 13.2 Å². The van der Waals surface area contributed by atoms with Crippen molar-refractivity contribution in [1.29, 1.82) is 0 Å². The minimum atomic E-state index is -4.90. The van der Waals surface area contributed by atoms with Crippen LogP contribution >= 0.6 is 0 Å². The largest absolute Gasteiger partial charge is 0.574 e. The number of alkyl halides is 3. The number of carbonyl (C=O) groups is 2. The van der Waals surface area contributed by atoms with Gasteiger partial charge in [0.15, 0.2) is 0 Å². The zero-order valence-corrected chi connectivity index (χ0v) is 22.1. The molecule has 6 rings (SSSR count). The molecule has 1 aliphatic carbocycles. The number of hydrogen-bond donors (Lipinski definition) is 1. The van der Waals surface area contributed by atoms with Gasteiger partial charge in [0, 0.05) is 50.3 Å². The lowest BCUT2D eigenvalue weighted by Gasteiger charge is -2.37. The predicted octanol–water partition coefficient (Wildman–Crippen LogP) is 4.45. The van der Waals surface area contributed by atoms with Gasteiger partial charge < -0.3 is 19.6 Å². The molecule has 214 valence electrons. The molecule has 0 saturated heterocycles. The van der Waals surface area contributed by atoms with E-state index in [0.29, 0.717) is 31.0 Å². The zero-order valence-electron chi connectivity index (χ0n) is 22.1. The van der Waals surface area contributed by atoms with Crippen molar-refractivity contribution in [2.75, 3.05) is 19.6 Å². The van der Waals surface area contributed by atoms with Gasteiger partial charge in [-0.2, -0.15) is 5.10 Å². The highest BCUT2D eigenvalue weighted by molar-refractivity contribution is 5.94. The van der Waals surface area contributed by atoms with Crippen molar-refractivity contribution in [3.63, 3.8) is 0 Å². The molecule has 4 heterocycles. The molecule has 0 radical (unpaired) electrons. The van der Waals surface area contributed by atoms with Gasteiger partial charge in [-0.15, -0.1) is 13.2 Å². The van der Waals surface area contributed by atoms with Crippen LogP contribution in [0.3, 0.4) is 0 Å². The van der Waals surface area contributed by atoms with Gasteiger partial charge in [0.1, 0.15) is 11.4 Å². The molecule has 3 aliphatic rings. The van der Waals surface area contributed by atoms with E-state index in [4.69, 9.17) is 5.10 Å². The van der Waals surface area contributed by atoms with Crippen molar-refractivity contribution in [3.8, 4) is 17.3 Å². The molecule has 1 N–H and O–H groups in total. The van der Waals surface area contributed by atoms with Crippen molar-refractivity contribution in [3.05, 3.63) is 77.3 Å². The fourth-order valence-electron chi connectivity index (χ4n) is 5.93. The summed E-state index contributed by atoms with van der Waals surface area (Å²) in [5, 5.41) is 15.8. The molecule has 0 bridgehead atoms. The lowest BCUT2D eigenvalue weighted by atomic mass is 9.80. The second-order valence-electron chi connectivity index (χ2n) is 10.5. The van der Waals surface area contributed by atoms with E-state index < -0.39 is 24.2 Å². The molecule has 2 aromatic heterocycles. The molecular weight excluding hydrogens is 539 g/mol. The van der Waals surface area contributed by atoms with Crippen molar-refractivity contribution < 1.29 is 32.6 Å². The van der Waals surface area contributed by atoms with Gasteiger partial charge in [-0.3, -0.25) is 9.59 Å². The summed E-state index contributed by atoms with van der Waals surface area (Å²) in [4.78, 5) is 33.2. The van der Waals surface area contributed by atoms with Crippen LogP contribution in [0.25, 0.3) is 5.69 Å². The normalized spacial score (nSPS) is 18.8. The number of phenolic OH excluding ortho intramolecular Hbond substituents is 1. The molecule has 1 fully saturated rings. The smallest absolute Gasteiger partial charge is 0.506 e. The Bertz CT molecular complexity index is 1510. The number of carbonyl (C=O) groups excluding carboxylic acids is 2. The van der Waals surface area contributed by atoms with Crippen LogP contribution in [0.15, 0.2) is 49.2 Å². The number of nitrogens with zero attached hydrogens (tertiary/aromatic N) is 5. The number of aromatic nitrogens is 3. The highest BCUT2D eigenvalue weighted by Crippen LogP contribution is 2.41. The Morgan fingerprint density at radius 3 is 2.56 bits per heavy atom. The van der Waals surface area contributed by atoms with E-state index in [9.17, 15) is 27.9 Å². The van der Waals surface area contributed by atoms with Gasteiger partial charge in [-0.25, -0.2) is 9.67 Å². The molecule has 0 unspecified atom stereocenters. The van der Waals surface area contributed by atoms with Crippen molar-refractivity contribution in [2.24, 2.45) is 0 Å². The topological polar surface area (TPSA) is 101 Å². The average molecular weight is 568 g/mol. The lowest BCUT2D eigenvalue weighted by molar-refractivity contribution is -0.276. The Hall–Kier alpha value is -4.35. The van der Waals surface area contributed by atoms with E-state index in [-0.39, 0.29) is 30.3 Å². The second kappa shape index (κ2) is 10.2. The summed E-state index contributed by atoms with van der Waals surface area (Å²) >= 11 is 0. The Morgan fingerprint density at radius 2 is 1.93 bits per heavy atom. The first-order chi connectivity index (χ1) is 19.6. The van der Waals surface area contributed by atoms with E-state index in [2.05, 4.69) is 16.3 Å². The maximum Gasteiger partial charge on any atom is 0.574 e. The first-order valence-electron chi connectivity index (χ1n) is 13.5. The van der Waals surface area contributed by atoms with Crippen LogP contribution in [0.1, 0.15) is 64.1 Å². The van der Waals surface area contributed by atoms with Crippen LogP contribution in [0.5, 0.6) is 11.6 Å². The van der Waals surface area contributed by atoms with Crippen LogP contribution in [-0.2, 0) is 17.6 Å². The molecular formula is C29H28F3N5O4. The van der Waals surface area contributed by atoms with Crippen LogP contribution in [0.2, 0.25) is 0 Å². The second-order valence-corrected chi connectivity index (χ2v) is 10.5. The fraction of sp³-hybridized carbons (Fsp3) is 0.379. The monoisotopic (exact) mass is 567 g/mol. The van der Waals surface area contributed by atoms with E-state index in [1.165, 1.54) is 18.6 Å². The number of pyridine rings is 1. The minimum absolute atomic E-state index is 0.0898. The summed E-state index contributed by atoms with van der Waals surface area (Å²) in [5.41, 5.74) is 4.13. The molecule has 1 saturated carbocycles. The third-order valence-electron chi connectivity index (χ3n) is 8.16. The summed E-state index contributed by atoms with van der Waals surface area (Å²) in [6, 6.07) is 7.38. The van der Waals surface area contributed by atoms with Gasteiger partial charge in [-0.1, -0.05) is 19.1 Å². The summed E-state index contributed by atoms with van der Waals surface area (Å²) in [6.07, 6.45) is 1.65. The quantitative estimate of drug-likeness (QED) is 0.458. The minimum Gasteiger partial charge on any atom is -0.506 e. The summed E-state index contributed by atoms with van der Waals surface area (Å²) in [5.74, 6) is -0.787. The number of ether oxygens (including phenoxy) is 1. The fourth-order valence-corrected chi connectivity index (χ4v) is 5.93. The number of amides is 2. The van der Waals surface area contributed by atoms with Gasteiger partial charge in [-0.05, 0) is 48.6 Å². The highest BCUT2D eigenvalue weighted by Gasteiger charge is 2.40. The average Bonchev–Trinajstić information content (AvgIpc) is 3.16. The lowest BCUT2D eigenvalue weighted by Crippen LogP contribution is -2.45. The Balaban J connectivity index is 1.36. The molecule has 41 heavy (non-hydrogen) atoms. The zero-order chi connectivity index (χ0) is 28.9. The molecule has 2 amide bonds. The number of halogens is 3. The predicted molar refractivity (Wildman–Crippen MR) is 141 cm³/mol. The number of hydrogen-bond acceptors (Lipinski definition) is 6. The molecule has 1 aromatic carbocycles. The number of aromatic hydroxyl groups is 1. The summed E-state index contributed by atoms with van der Waals surface area (Å²) < 4.78 is 43.3. The maximum atomic E-state index is 13.7. The van der Waals surface area contributed by atoms with Gasteiger partial charge >= 0.3 is 6.36 Å². The first-order valence-corrected chi connectivity index (χ1v) is 13.5. The van der Waals surface area contributed by atoms with Crippen LogP contribution < -0.4 is 4.74 Å².